The van der Waals surface area contributed by atoms with Crippen molar-refractivity contribution >= 4 is 38.1 Å². The van der Waals surface area contributed by atoms with Gasteiger partial charge in [-0.25, -0.2) is 4.98 Å². The molecule has 2 aromatic heterocycles. The van der Waals surface area contributed by atoms with Gasteiger partial charge in [0.1, 0.15) is 0 Å². The highest BCUT2D eigenvalue weighted by molar-refractivity contribution is 7.18. The Labute approximate surface area is 104 Å². The molecule has 0 atom stereocenters. The number of nitrogen functional groups attached to an aromatic ring is 1. The van der Waals surface area contributed by atoms with E-state index < -0.39 is 0 Å². The third-order valence-corrected chi connectivity index (χ3v) is 3.34. The number of anilines is 1. The molecule has 0 amide bonds. The lowest BCUT2D eigenvalue weighted by molar-refractivity contribution is 1.35. The van der Waals surface area contributed by atoms with Crippen LogP contribution in [0.5, 0.6) is 0 Å². The lowest BCUT2D eigenvalue weighted by Crippen LogP contribution is -1.89. The molecule has 1 aromatic carbocycles. The van der Waals surface area contributed by atoms with Gasteiger partial charge < -0.3 is 5.73 Å². The van der Waals surface area contributed by atoms with Crippen molar-refractivity contribution in [3.05, 3.63) is 29.4 Å². The average molecular weight is 245 g/mol. The molecule has 0 radical (unpaired) electrons. The topological polar surface area (TPSA) is 51.8 Å². The minimum atomic E-state index is 0.746. The predicted octanol–water partition coefficient (Wildman–Crippen LogP) is 3.76. The van der Waals surface area contributed by atoms with E-state index in [1.165, 1.54) is 4.70 Å². The zero-order valence-corrected chi connectivity index (χ0v) is 11.0. The fourth-order valence-corrected chi connectivity index (χ4v) is 2.60. The summed E-state index contributed by atoms with van der Waals surface area (Å²) in [4.78, 5) is 8.79. The SMILES string of the molecule is CC.Cc1nc2c(ccc3nccc(N)c32)s1. The second-order valence-corrected chi connectivity index (χ2v) is 4.67. The Bertz CT molecular complexity index is 658. The number of aromatic nitrogens is 2. The molecule has 2 N–H and O–H groups in total. The molecule has 0 spiro atoms. The third-order valence-electron chi connectivity index (χ3n) is 2.40. The molecule has 0 aliphatic heterocycles. The number of benzene rings is 1. The highest BCUT2D eigenvalue weighted by Gasteiger charge is 2.08. The van der Waals surface area contributed by atoms with E-state index in [1.54, 1.807) is 17.5 Å². The van der Waals surface area contributed by atoms with Gasteiger partial charge in [-0.1, -0.05) is 13.8 Å². The molecule has 4 heteroatoms. The van der Waals surface area contributed by atoms with Crippen LogP contribution in [0, 0.1) is 6.92 Å². The first-order chi connectivity index (χ1) is 8.25. The van der Waals surface area contributed by atoms with E-state index >= 15 is 0 Å². The van der Waals surface area contributed by atoms with Gasteiger partial charge in [-0.3, -0.25) is 4.98 Å². The van der Waals surface area contributed by atoms with Crippen molar-refractivity contribution < 1.29 is 0 Å². The van der Waals surface area contributed by atoms with Crippen LogP contribution in [0.2, 0.25) is 0 Å². The summed E-state index contributed by atoms with van der Waals surface area (Å²) in [6.07, 6.45) is 1.72. The normalized spacial score (nSPS) is 10.3. The molecule has 3 rings (SSSR count). The summed E-state index contributed by atoms with van der Waals surface area (Å²) in [7, 11) is 0. The van der Waals surface area contributed by atoms with Crippen LogP contribution < -0.4 is 5.73 Å². The molecule has 88 valence electrons. The molecule has 0 aliphatic rings. The van der Waals surface area contributed by atoms with Crippen molar-refractivity contribution in [2.45, 2.75) is 20.8 Å². The van der Waals surface area contributed by atoms with E-state index in [-0.39, 0.29) is 0 Å². The number of hydrogen-bond donors (Lipinski definition) is 1. The lowest BCUT2D eigenvalue weighted by Gasteiger charge is -2.00. The van der Waals surface area contributed by atoms with Gasteiger partial charge in [-0.15, -0.1) is 11.3 Å². The number of thiazole rings is 1. The smallest absolute Gasteiger partial charge is 0.0930 e. The standard InChI is InChI=1S/C11H9N3S.C2H6/c1-6-14-11-9(15-6)3-2-8-10(11)7(12)4-5-13-8;1-2/h2-5H,1H3,(H2,12,13);1-2H3. The first-order valence-corrected chi connectivity index (χ1v) is 6.48. The van der Waals surface area contributed by atoms with Gasteiger partial charge in [-0.05, 0) is 25.1 Å². The van der Waals surface area contributed by atoms with Crippen LogP contribution in [-0.4, -0.2) is 9.97 Å². The minimum Gasteiger partial charge on any atom is -0.398 e. The number of hydrogen-bond acceptors (Lipinski definition) is 4. The minimum absolute atomic E-state index is 0.746. The summed E-state index contributed by atoms with van der Waals surface area (Å²) in [5.74, 6) is 0. The fourth-order valence-electron chi connectivity index (χ4n) is 1.77. The molecule has 3 nitrogen and oxygen atoms in total. The van der Waals surface area contributed by atoms with Crippen molar-refractivity contribution in [3.63, 3.8) is 0 Å². The Morgan fingerprint density at radius 1 is 1.18 bits per heavy atom. The maximum Gasteiger partial charge on any atom is 0.0930 e. The summed E-state index contributed by atoms with van der Waals surface area (Å²) in [6, 6.07) is 5.86. The van der Waals surface area contributed by atoms with Crippen LogP contribution in [0.4, 0.5) is 5.69 Å². The number of pyridine rings is 1. The van der Waals surface area contributed by atoms with Crippen molar-refractivity contribution in [1.82, 2.24) is 9.97 Å². The van der Waals surface area contributed by atoms with Gasteiger partial charge in [0.2, 0.25) is 0 Å². The van der Waals surface area contributed by atoms with Gasteiger partial charge in [0.25, 0.3) is 0 Å². The quantitative estimate of drug-likeness (QED) is 0.656. The molecule has 2 heterocycles. The van der Waals surface area contributed by atoms with Crippen LogP contribution >= 0.6 is 11.3 Å². The number of rotatable bonds is 0. The summed E-state index contributed by atoms with van der Waals surface area (Å²) in [6.45, 7) is 6.00. The number of nitrogens with two attached hydrogens (primary N) is 1. The molecule has 3 aromatic rings. The molecule has 0 aliphatic carbocycles. The Morgan fingerprint density at radius 3 is 2.71 bits per heavy atom. The van der Waals surface area contributed by atoms with Gasteiger partial charge >= 0.3 is 0 Å². The third kappa shape index (κ3) is 1.96. The van der Waals surface area contributed by atoms with Crippen molar-refractivity contribution in [3.8, 4) is 0 Å². The Balaban J connectivity index is 0.000000514. The van der Waals surface area contributed by atoms with Crippen molar-refractivity contribution in [2.75, 3.05) is 5.73 Å². The molecule has 0 saturated carbocycles. The predicted molar refractivity (Wildman–Crippen MR) is 75.4 cm³/mol. The highest BCUT2D eigenvalue weighted by atomic mass is 32.1. The largest absolute Gasteiger partial charge is 0.398 e. The Hall–Kier alpha value is -1.68. The molecule has 0 fully saturated rings. The average Bonchev–Trinajstić information content (AvgIpc) is 2.72. The molecule has 0 bridgehead atoms. The van der Waals surface area contributed by atoms with Crippen LogP contribution in [0.15, 0.2) is 24.4 Å². The van der Waals surface area contributed by atoms with E-state index in [4.69, 9.17) is 5.73 Å². The Kier molecular flexibility index (Phi) is 3.24. The van der Waals surface area contributed by atoms with Crippen molar-refractivity contribution in [1.29, 1.82) is 0 Å². The van der Waals surface area contributed by atoms with E-state index in [9.17, 15) is 0 Å². The summed E-state index contributed by atoms with van der Waals surface area (Å²) < 4.78 is 1.17. The Morgan fingerprint density at radius 2 is 1.94 bits per heavy atom. The van der Waals surface area contributed by atoms with Crippen LogP contribution in [0.25, 0.3) is 21.1 Å². The van der Waals surface area contributed by atoms with Crippen molar-refractivity contribution in [2.24, 2.45) is 0 Å². The first kappa shape index (κ1) is 11.8. The molecular weight excluding hydrogens is 230 g/mol. The monoisotopic (exact) mass is 245 g/mol. The number of aryl methyl sites for hydroxylation is 1. The van der Waals surface area contributed by atoms with E-state index in [0.29, 0.717) is 0 Å². The van der Waals surface area contributed by atoms with Gasteiger partial charge in [-0.2, -0.15) is 0 Å². The maximum absolute atomic E-state index is 5.96. The van der Waals surface area contributed by atoms with Crippen LogP contribution in [-0.2, 0) is 0 Å². The van der Waals surface area contributed by atoms with Gasteiger partial charge in [0.05, 0.1) is 26.1 Å². The first-order valence-electron chi connectivity index (χ1n) is 5.66. The van der Waals surface area contributed by atoms with E-state index in [2.05, 4.69) is 16.0 Å². The van der Waals surface area contributed by atoms with Gasteiger partial charge in [0, 0.05) is 11.9 Å². The fraction of sp³-hybridized carbons (Fsp3) is 0.231. The second kappa shape index (κ2) is 4.67. The molecule has 17 heavy (non-hydrogen) atoms. The lowest BCUT2D eigenvalue weighted by atomic mass is 10.1. The number of nitrogens with zero attached hydrogens (tertiary/aromatic N) is 2. The second-order valence-electron chi connectivity index (χ2n) is 3.44. The molecular formula is C13H15N3S. The summed E-state index contributed by atoms with van der Waals surface area (Å²) >= 11 is 1.68. The zero-order chi connectivity index (χ0) is 12.4. The molecule has 0 saturated heterocycles. The summed E-state index contributed by atoms with van der Waals surface area (Å²) in [5, 5.41) is 2.03. The van der Waals surface area contributed by atoms with E-state index in [0.717, 1.165) is 27.1 Å². The van der Waals surface area contributed by atoms with Crippen LogP contribution in [0.3, 0.4) is 0 Å². The van der Waals surface area contributed by atoms with Gasteiger partial charge in [0.15, 0.2) is 0 Å². The number of fused-ring (bicyclic) bond motifs is 3. The highest BCUT2D eigenvalue weighted by Crippen LogP contribution is 2.31. The van der Waals surface area contributed by atoms with Crippen LogP contribution in [0.1, 0.15) is 18.9 Å². The summed E-state index contributed by atoms with van der Waals surface area (Å²) in [5.41, 5.74) is 8.59. The molecule has 0 unspecified atom stereocenters. The zero-order valence-electron chi connectivity index (χ0n) is 10.2. The van der Waals surface area contributed by atoms with E-state index in [1.807, 2.05) is 32.9 Å². The maximum atomic E-state index is 5.96.